The molecule has 0 radical (unpaired) electrons. The van der Waals surface area contributed by atoms with Gasteiger partial charge < -0.3 is 5.32 Å². The highest BCUT2D eigenvalue weighted by Crippen LogP contribution is 2.44. The van der Waals surface area contributed by atoms with Gasteiger partial charge in [0.15, 0.2) is 0 Å². The molecule has 1 atom stereocenters. The molecule has 1 aromatic rings. The van der Waals surface area contributed by atoms with Crippen LogP contribution in [0.1, 0.15) is 57.9 Å². The van der Waals surface area contributed by atoms with E-state index in [1.807, 2.05) is 6.07 Å². The molecular formula is C18H28ClN. The van der Waals surface area contributed by atoms with Gasteiger partial charge >= 0.3 is 0 Å². The fraction of sp³-hybridized carbons (Fsp3) is 0.667. The van der Waals surface area contributed by atoms with E-state index in [1.165, 1.54) is 44.1 Å². The molecule has 20 heavy (non-hydrogen) atoms. The molecule has 0 aliphatic heterocycles. The molecule has 1 aliphatic rings. The second-order valence-electron chi connectivity index (χ2n) is 6.26. The maximum absolute atomic E-state index is 6.14. The van der Waals surface area contributed by atoms with Gasteiger partial charge in [-0.15, -0.1) is 0 Å². The Balaban J connectivity index is 2.14. The molecule has 0 bridgehead atoms. The lowest BCUT2D eigenvalue weighted by Gasteiger charge is -2.38. The first-order valence-electron chi connectivity index (χ1n) is 8.18. The second kappa shape index (κ2) is 7.47. The fourth-order valence-electron chi connectivity index (χ4n) is 3.75. The molecule has 0 amide bonds. The van der Waals surface area contributed by atoms with Crippen molar-refractivity contribution in [3.8, 4) is 0 Å². The average molecular weight is 294 g/mol. The van der Waals surface area contributed by atoms with Crippen LogP contribution in [0.4, 0.5) is 0 Å². The highest BCUT2D eigenvalue weighted by atomic mass is 35.5. The molecule has 0 heterocycles. The lowest BCUT2D eigenvalue weighted by molar-refractivity contribution is 0.184. The smallest absolute Gasteiger partial charge is 0.0408 e. The summed E-state index contributed by atoms with van der Waals surface area (Å²) in [5.41, 5.74) is 1.86. The average Bonchev–Trinajstić information content (AvgIpc) is 2.93. The van der Waals surface area contributed by atoms with Gasteiger partial charge in [-0.2, -0.15) is 0 Å². The molecule has 1 unspecified atom stereocenters. The Morgan fingerprint density at radius 1 is 1.25 bits per heavy atom. The predicted molar refractivity (Wildman–Crippen MR) is 88.4 cm³/mol. The lowest BCUT2D eigenvalue weighted by Crippen LogP contribution is -2.45. The second-order valence-corrected chi connectivity index (χ2v) is 6.70. The van der Waals surface area contributed by atoms with Crippen LogP contribution in [0.5, 0.6) is 0 Å². The van der Waals surface area contributed by atoms with Gasteiger partial charge in [0.1, 0.15) is 0 Å². The number of halogens is 1. The Morgan fingerprint density at radius 3 is 2.60 bits per heavy atom. The number of nitrogens with one attached hydrogen (secondary N) is 1. The van der Waals surface area contributed by atoms with Crippen LogP contribution in [0, 0.1) is 5.41 Å². The lowest BCUT2D eigenvalue weighted by atomic mass is 9.74. The zero-order valence-electron chi connectivity index (χ0n) is 12.9. The summed E-state index contributed by atoms with van der Waals surface area (Å²) in [4.78, 5) is 0. The number of hydrogen-bond donors (Lipinski definition) is 1. The maximum atomic E-state index is 6.14. The molecule has 1 aliphatic carbocycles. The third-order valence-corrected chi connectivity index (χ3v) is 5.25. The van der Waals surface area contributed by atoms with Crippen LogP contribution in [0.15, 0.2) is 24.3 Å². The first-order chi connectivity index (χ1) is 9.70. The summed E-state index contributed by atoms with van der Waals surface area (Å²) in [5.74, 6) is 0. The minimum atomic E-state index is 0.498. The number of hydrogen-bond acceptors (Lipinski definition) is 1. The van der Waals surface area contributed by atoms with Gasteiger partial charge in [-0.1, -0.05) is 50.4 Å². The minimum absolute atomic E-state index is 0.498. The quantitative estimate of drug-likeness (QED) is 0.726. The van der Waals surface area contributed by atoms with Crippen molar-refractivity contribution in [2.45, 2.75) is 64.8 Å². The summed E-state index contributed by atoms with van der Waals surface area (Å²) in [6, 6.07) is 8.96. The summed E-state index contributed by atoms with van der Waals surface area (Å²) in [6.07, 6.45) is 9.15. The van der Waals surface area contributed by atoms with E-state index in [9.17, 15) is 0 Å². The van der Waals surface area contributed by atoms with Crippen LogP contribution in [-0.2, 0) is 6.42 Å². The van der Waals surface area contributed by atoms with Crippen molar-refractivity contribution in [3.63, 3.8) is 0 Å². The molecule has 112 valence electrons. The van der Waals surface area contributed by atoms with Crippen molar-refractivity contribution in [3.05, 3.63) is 34.9 Å². The van der Waals surface area contributed by atoms with Crippen molar-refractivity contribution in [2.24, 2.45) is 5.41 Å². The van der Waals surface area contributed by atoms with Crippen molar-refractivity contribution in [1.82, 2.24) is 5.32 Å². The molecule has 1 fully saturated rings. The molecule has 0 saturated heterocycles. The highest BCUT2D eigenvalue weighted by molar-refractivity contribution is 6.30. The Kier molecular flexibility index (Phi) is 5.92. The molecule has 2 rings (SSSR count). The predicted octanol–water partition coefficient (Wildman–Crippen LogP) is 5.22. The number of benzene rings is 1. The van der Waals surface area contributed by atoms with Gasteiger partial charge in [-0.3, -0.25) is 0 Å². The summed E-state index contributed by atoms with van der Waals surface area (Å²) in [6.45, 7) is 5.73. The maximum Gasteiger partial charge on any atom is 0.0408 e. The molecular weight excluding hydrogens is 266 g/mol. The summed E-state index contributed by atoms with van der Waals surface area (Å²) in [5, 5.41) is 4.68. The van der Waals surface area contributed by atoms with E-state index in [2.05, 4.69) is 37.4 Å². The van der Waals surface area contributed by atoms with Gasteiger partial charge in [0, 0.05) is 11.1 Å². The van der Waals surface area contributed by atoms with Crippen LogP contribution < -0.4 is 5.32 Å². The van der Waals surface area contributed by atoms with Crippen LogP contribution >= 0.6 is 11.6 Å². The van der Waals surface area contributed by atoms with Gasteiger partial charge in [-0.05, 0) is 61.8 Å². The van der Waals surface area contributed by atoms with E-state index < -0.39 is 0 Å². The van der Waals surface area contributed by atoms with Gasteiger partial charge in [0.05, 0.1) is 0 Å². The van der Waals surface area contributed by atoms with E-state index in [1.54, 1.807) is 0 Å². The molecule has 0 spiro atoms. The molecule has 1 aromatic carbocycles. The number of rotatable bonds is 7. The fourth-order valence-corrected chi connectivity index (χ4v) is 3.96. The van der Waals surface area contributed by atoms with Crippen molar-refractivity contribution < 1.29 is 0 Å². The first kappa shape index (κ1) is 15.9. The molecule has 1 nitrogen and oxygen atoms in total. The molecule has 0 aromatic heterocycles. The van der Waals surface area contributed by atoms with E-state index in [4.69, 9.17) is 11.6 Å². The Morgan fingerprint density at radius 2 is 2.00 bits per heavy atom. The monoisotopic (exact) mass is 293 g/mol. The van der Waals surface area contributed by atoms with E-state index in [0.29, 0.717) is 11.5 Å². The zero-order valence-corrected chi connectivity index (χ0v) is 13.7. The normalized spacial score (nSPS) is 19.1. The first-order valence-corrected chi connectivity index (χ1v) is 8.56. The third kappa shape index (κ3) is 3.77. The Hall–Kier alpha value is -0.530. The van der Waals surface area contributed by atoms with Crippen LogP contribution in [0.25, 0.3) is 0 Å². The van der Waals surface area contributed by atoms with Gasteiger partial charge in [-0.25, -0.2) is 0 Å². The van der Waals surface area contributed by atoms with E-state index in [-0.39, 0.29) is 0 Å². The van der Waals surface area contributed by atoms with Gasteiger partial charge in [0.25, 0.3) is 0 Å². The standard InChI is InChI=1S/C18H28ClN/c1-3-12-20-17(18(4-2)10-5-6-11-18)14-15-8-7-9-16(19)13-15/h7-9,13,17,20H,3-6,10-12,14H2,1-2H3. The van der Waals surface area contributed by atoms with E-state index >= 15 is 0 Å². The van der Waals surface area contributed by atoms with Crippen molar-refractivity contribution in [1.29, 1.82) is 0 Å². The van der Waals surface area contributed by atoms with E-state index in [0.717, 1.165) is 18.0 Å². The molecule has 2 heteroatoms. The van der Waals surface area contributed by atoms with Crippen molar-refractivity contribution >= 4 is 11.6 Å². The SMILES string of the molecule is CCCNC(Cc1cccc(Cl)c1)C1(CC)CCCC1. The van der Waals surface area contributed by atoms with Crippen molar-refractivity contribution in [2.75, 3.05) is 6.54 Å². The Labute approximate surface area is 129 Å². The topological polar surface area (TPSA) is 12.0 Å². The summed E-state index contributed by atoms with van der Waals surface area (Å²) < 4.78 is 0. The summed E-state index contributed by atoms with van der Waals surface area (Å²) >= 11 is 6.14. The van der Waals surface area contributed by atoms with Crippen LogP contribution in [-0.4, -0.2) is 12.6 Å². The third-order valence-electron chi connectivity index (χ3n) is 5.01. The zero-order chi connectivity index (χ0) is 14.4. The summed E-state index contributed by atoms with van der Waals surface area (Å²) in [7, 11) is 0. The Bertz CT molecular complexity index is 410. The molecule has 1 saturated carbocycles. The highest BCUT2D eigenvalue weighted by Gasteiger charge is 2.39. The largest absolute Gasteiger partial charge is 0.313 e. The minimum Gasteiger partial charge on any atom is -0.313 e. The van der Waals surface area contributed by atoms with Gasteiger partial charge in [0.2, 0.25) is 0 Å². The van der Waals surface area contributed by atoms with Crippen LogP contribution in [0.3, 0.4) is 0 Å². The van der Waals surface area contributed by atoms with Crippen LogP contribution in [0.2, 0.25) is 5.02 Å². The molecule has 1 N–H and O–H groups in total.